The lowest BCUT2D eigenvalue weighted by atomic mass is 10.1. The number of nitrogens with one attached hydrogen (secondary N) is 1. The average Bonchev–Trinajstić information content (AvgIpc) is 2.56. The van der Waals surface area contributed by atoms with Crippen LogP contribution in [0, 0.1) is 0 Å². The number of nitrogens with zero attached hydrogens (tertiary/aromatic N) is 1. The van der Waals surface area contributed by atoms with Crippen LogP contribution in [0.15, 0.2) is 60.7 Å². The summed E-state index contributed by atoms with van der Waals surface area (Å²) in [6.45, 7) is 1.95. The van der Waals surface area contributed by atoms with Gasteiger partial charge in [0.15, 0.2) is 13.1 Å². The molecule has 2 amide bonds. The zero-order valence-corrected chi connectivity index (χ0v) is 13.1. The summed E-state index contributed by atoms with van der Waals surface area (Å²) >= 11 is 0. The normalized spacial score (nSPS) is 15.9. The lowest BCUT2D eigenvalue weighted by Crippen LogP contribution is -3.14. The lowest BCUT2D eigenvalue weighted by molar-refractivity contribution is -0.900. The zero-order chi connectivity index (χ0) is 16.1. The minimum atomic E-state index is -0.0666. The van der Waals surface area contributed by atoms with Crippen LogP contribution >= 0.6 is 0 Å². The van der Waals surface area contributed by atoms with Gasteiger partial charge in [0, 0.05) is 12.1 Å². The molecular weight excluding hydrogens is 288 g/mol. The highest BCUT2D eigenvalue weighted by atomic mass is 16.2. The first kappa shape index (κ1) is 15.4. The predicted molar refractivity (Wildman–Crippen MR) is 87.7 cm³/mol. The van der Waals surface area contributed by atoms with Gasteiger partial charge in [-0.15, -0.1) is 0 Å². The molecule has 1 heterocycles. The maximum Gasteiger partial charge on any atom is 0.284 e. The minimum absolute atomic E-state index is 0.0666. The van der Waals surface area contributed by atoms with Crippen molar-refractivity contribution in [2.45, 2.75) is 13.0 Å². The lowest BCUT2D eigenvalue weighted by Gasteiger charge is -2.30. The molecule has 0 saturated carbocycles. The van der Waals surface area contributed by atoms with Crippen LogP contribution in [0.5, 0.6) is 0 Å². The van der Waals surface area contributed by atoms with E-state index in [-0.39, 0.29) is 11.8 Å². The molecule has 1 aliphatic rings. The first-order chi connectivity index (χ1) is 11.2. The largest absolute Gasteiger partial charge is 0.316 e. The van der Waals surface area contributed by atoms with Gasteiger partial charge in [-0.25, -0.2) is 0 Å². The summed E-state index contributed by atoms with van der Waals surface area (Å²) in [7, 11) is 0. The molecule has 0 bridgehead atoms. The molecule has 118 valence electrons. The van der Waals surface area contributed by atoms with Crippen LogP contribution in [0.4, 0.5) is 0 Å². The Morgan fingerprint density at radius 3 is 1.87 bits per heavy atom. The van der Waals surface area contributed by atoms with Gasteiger partial charge in [0.05, 0.1) is 0 Å². The van der Waals surface area contributed by atoms with Gasteiger partial charge in [0.1, 0.15) is 6.54 Å². The Morgan fingerprint density at radius 1 is 0.783 bits per heavy atom. The summed E-state index contributed by atoms with van der Waals surface area (Å²) < 4.78 is 0. The van der Waals surface area contributed by atoms with E-state index in [4.69, 9.17) is 0 Å². The highest BCUT2D eigenvalue weighted by Crippen LogP contribution is 2.03. The summed E-state index contributed by atoms with van der Waals surface area (Å²) in [5.41, 5.74) is 2.30. The molecule has 2 aromatic rings. The Hall–Kier alpha value is -2.46. The SMILES string of the molecule is O=C1C[NH+](Cc2ccccc2)CC(=O)N1CCc1ccccc1. The van der Waals surface area contributed by atoms with Crippen LogP contribution in [-0.4, -0.2) is 36.3 Å². The van der Waals surface area contributed by atoms with Gasteiger partial charge in [0.25, 0.3) is 11.8 Å². The van der Waals surface area contributed by atoms with Gasteiger partial charge < -0.3 is 4.90 Å². The van der Waals surface area contributed by atoms with E-state index >= 15 is 0 Å². The van der Waals surface area contributed by atoms with Gasteiger partial charge in [-0.1, -0.05) is 60.7 Å². The summed E-state index contributed by atoms with van der Waals surface area (Å²) in [5.74, 6) is -0.133. The van der Waals surface area contributed by atoms with Crippen molar-refractivity contribution in [1.82, 2.24) is 4.90 Å². The van der Waals surface area contributed by atoms with E-state index < -0.39 is 0 Å². The summed E-state index contributed by atoms with van der Waals surface area (Å²) in [4.78, 5) is 27.1. The minimum Gasteiger partial charge on any atom is -0.316 e. The molecule has 1 N–H and O–H groups in total. The van der Waals surface area contributed by atoms with Crippen molar-refractivity contribution in [3.63, 3.8) is 0 Å². The number of imide groups is 1. The molecule has 0 unspecified atom stereocenters. The Labute approximate surface area is 136 Å². The van der Waals surface area contributed by atoms with Crippen molar-refractivity contribution in [1.29, 1.82) is 0 Å². The highest BCUT2D eigenvalue weighted by molar-refractivity contribution is 5.97. The number of piperazine rings is 1. The number of hydrogen-bond acceptors (Lipinski definition) is 2. The van der Waals surface area contributed by atoms with E-state index in [0.29, 0.717) is 32.6 Å². The van der Waals surface area contributed by atoms with Crippen molar-refractivity contribution in [2.24, 2.45) is 0 Å². The Bertz CT molecular complexity index is 652. The molecule has 0 radical (unpaired) electrons. The zero-order valence-electron chi connectivity index (χ0n) is 13.1. The van der Waals surface area contributed by atoms with Crippen molar-refractivity contribution in [3.05, 3.63) is 71.8 Å². The fraction of sp³-hybridized carbons (Fsp3) is 0.263. The topological polar surface area (TPSA) is 41.8 Å². The van der Waals surface area contributed by atoms with Crippen LogP contribution < -0.4 is 4.90 Å². The second-order valence-electron chi connectivity index (χ2n) is 5.94. The Kier molecular flexibility index (Phi) is 4.83. The molecule has 1 aliphatic heterocycles. The van der Waals surface area contributed by atoms with E-state index in [0.717, 1.165) is 16.0 Å². The van der Waals surface area contributed by atoms with Crippen LogP contribution in [-0.2, 0) is 22.6 Å². The molecule has 23 heavy (non-hydrogen) atoms. The maximum atomic E-state index is 12.3. The first-order valence-electron chi connectivity index (χ1n) is 7.97. The molecule has 0 aliphatic carbocycles. The number of hydrogen-bond donors (Lipinski definition) is 1. The van der Waals surface area contributed by atoms with E-state index in [1.165, 1.54) is 4.90 Å². The molecule has 3 rings (SSSR count). The van der Waals surface area contributed by atoms with E-state index in [2.05, 4.69) is 0 Å². The fourth-order valence-corrected chi connectivity index (χ4v) is 2.96. The number of carbonyl (C=O) groups excluding carboxylic acids is 2. The van der Waals surface area contributed by atoms with Crippen molar-refractivity contribution in [3.8, 4) is 0 Å². The third-order valence-corrected chi connectivity index (χ3v) is 4.17. The summed E-state index contributed by atoms with van der Waals surface area (Å²) in [6.07, 6.45) is 0.715. The molecule has 2 aromatic carbocycles. The van der Waals surface area contributed by atoms with Crippen molar-refractivity contribution >= 4 is 11.8 Å². The number of rotatable bonds is 5. The smallest absolute Gasteiger partial charge is 0.284 e. The van der Waals surface area contributed by atoms with Crippen molar-refractivity contribution < 1.29 is 14.5 Å². The first-order valence-corrected chi connectivity index (χ1v) is 7.97. The van der Waals surface area contributed by atoms with Crippen LogP contribution in [0.25, 0.3) is 0 Å². The summed E-state index contributed by atoms with van der Waals surface area (Å²) in [6, 6.07) is 19.9. The van der Waals surface area contributed by atoms with Crippen LogP contribution in [0.3, 0.4) is 0 Å². The third-order valence-electron chi connectivity index (χ3n) is 4.17. The van der Waals surface area contributed by atoms with E-state index in [1.54, 1.807) is 0 Å². The fourth-order valence-electron chi connectivity index (χ4n) is 2.96. The molecule has 0 aromatic heterocycles. The Morgan fingerprint density at radius 2 is 1.30 bits per heavy atom. The highest BCUT2D eigenvalue weighted by Gasteiger charge is 2.33. The molecule has 0 atom stereocenters. The number of benzene rings is 2. The van der Waals surface area contributed by atoms with Crippen molar-refractivity contribution in [2.75, 3.05) is 19.6 Å². The Balaban J connectivity index is 1.57. The van der Waals surface area contributed by atoms with Gasteiger partial charge in [0.2, 0.25) is 0 Å². The third kappa shape index (κ3) is 4.05. The second kappa shape index (κ2) is 7.20. The monoisotopic (exact) mass is 309 g/mol. The van der Waals surface area contributed by atoms with E-state index in [1.807, 2.05) is 60.7 Å². The molecule has 0 spiro atoms. The van der Waals surface area contributed by atoms with Gasteiger partial charge in [-0.2, -0.15) is 0 Å². The van der Waals surface area contributed by atoms with E-state index in [9.17, 15) is 9.59 Å². The molecule has 4 nitrogen and oxygen atoms in total. The molecular formula is C19H21N2O2+. The number of quaternary nitrogens is 1. The summed E-state index contributed by atoms with van der Waals surface area (Å²) in [5, 5.41) is 0. The van der Waals surface area contributed by atoms with Gasteiger partial charge in [-0.05, 0) is 12.0 Å². The average molecular weight is 309 g/mol. The second-order valence-corrected chi connectivity index (χ2v) is 5.94. The number of carbonyl (C=O) groups is 2. The molecule has 1 fully saturated rings. The number of amides is 2. The predicted octanol–water partition coefficient (Wildman–Crippen LogP) is 0.683. The van der Waals surface area contributed by atoms with Gasteiger partial charge >= 0.3 is 0 Å². The van der Waals surface area contributed by atoms with Gasteiger partial charge in [-0.3, -0.25) is 14.5 Å². The van der Waals surface area contributed by atoms with Crippen LogP contribution in [0.1, 0.15) is 11.1 Å². The van der Waals surface area contributed by atoms with Crippen LogP contribution in [0.2, 0.25) is 0 Å². The standard InChI is InChI=1S/C19H20N2O2/c22-18-14-20(13-17-9-5-2-6-10-17)15-19(23)21(18)12-11-16-7-3-1-4-8-16/h1-10H,11-15H2/p+1. The molecule has 4 heteroatoms. The quantitative estimate of drug-likeness (QED) is 0.826. The maximum absolute atomic E-state index is 12.3. The molecule has 1 saturated heterocycles.